The van der Waals surface area contributed by atoms with Crippen LogP contribution in [0.5, 0.6) is 0 Å². The molecule has 0 aliphatic rings. The summed E-state index contributed by atoms with van der Waals surface area (Å²) in [6.07, 6.45) is 0. The second-order valence-electron chi connectivity index (χ2n) is 3.98. The van der Waals surface area contributed by atoms with Crippen LogP contribution in [-0.4, -0.2) is 11.8 Å². The van der Waals surface area contributed by atoms with E-state index < -0.39 is 5.41 Å². The standard InChI is InChI=1S/C11H13ClINO/c1-11(2,7-12)10(15)14-9-5-3-4-8(13)6-9/h3-6H,7H2,1-2H3,(H,14,15). The van der Waals surface area contributed by atoms with Crippen LogP contribution in [0.4, 0.5) is 5.69 Å². The molecule has 1 amide bonds. The van der Waals surface area contributed by atoms with Gasteiger partial charge in [-0.15, -0.1) is 11.6 Å². The zero-order valence-electron chi connectivity index (χ0n) is 8.68. The van der Waals surface area contributed by atoms with Gasteiger partial charge < -0.3 is 5.32 Å². The highest BCUT2D eigenvalue weighted by Gasteiger charge is 2.26. The van der Waals surface area contributed by atoms with Gasteiger partial charge >= 0.3 is 0 Å². The fraction of sp³-hybridized carbons (Fsp3) is 0.364. The van der Waals surface area contributed by atoms with Gasteiger partial charge in [-0.25, -0.2) is 0 Å². The molecule has 1 aromatic carbocycles. The molecule has 0 bridgehead atoms. The Morgan fingerprint density at radius 3 is 2.73 bits per heavy atom. The molecule has 0 heterocycles. The van der Waals surface area contributed by atoms with Crippen molar-refractivity contribution in [3.63, 3.8) is 0 Å². The number of hydrogen-bond acceptors (Lipinski definition) is 1. The van der Waals surface area contributed by atoms with Gasteiger partial charge in [-0.2, -0.15) is 0 Å². The number of anilines is 1. The van der Waals surface area contributed by atoms with Gasteiger partial charge in [0.25, 0.3) is 0 Å². The summed E-state index contributed by atoms with van der Waals surface area (Å²) in [4.78, 5) is 11.8. The minimum atomic E-state index is -0.539. The molecule has 0 atom stereocenters. The maximum absolute atomic E-state index is 11.8. The molecule has 0 aliphatic heterocycles. The van der Waals surface area contributed by atoms with Gasteiger partial charge in [-0.05, 0) is 54.6 Å². The van der Waals surface area contributed by atoms with Crippen molar-refractivity contribution in [1.82, 2.24) is 0 Å². The smallest absolute Gasteiger partial charge is 0.231 e. The Labute approximate surface area is 109 Å². The third-order valence-corrected chi connectivity index (χ3v) is 3.37. The lowest BCUT2D eigenvalue weighted by Gasteiger charge is -2.20. The fourth-order valence-corrected chi connectivity index (χ4v) is 1.59. The van der Waals surface area contributed by atoms with Crippen molar-refractivity contribution in [2.45, 2.75) is 13.8 Å². The van der Waals surface area contributed by atoms with E-state index in [1.54, 1.807) is 0 Å². The first-order valence-corrected chi connectivity index (χ1v) is 6.20. The van der Waals surface area contributed by atoms with Crippen LogP contribution in [0.1, 0.15) is 13.8 Å². The number of amides is 1. The van der Waals surface area contributed by atoms with Gasteiger partial charge in [0.05, 0.1) is 5.41 Å². The van der Waals surface area contributed by atoms with E-state index in [4.69, 9.17) is 11.6 Å². The molecule has 4 heteroatoms. The number of carbonyl (C=O) groups excluding carboxylic acids is 1. The summed E-state index contributed by atoms with van der Waals surface area (Å²) in [6.45, 7) is 3.65. The van der Waals surface area contributed by atoms with Crippen LogP contribution < -0.4 is 5.32 Å². The Morgan fingerprint density at radius 2 is 2.20 bits per heavy atom. The van der Waals surface area contributed by atoms with Crippen LogP contribution in [0, 0.1) is 8.99 Å². The molecule has 82 valence electrons. The molecule has 1 aromatic rings. The zero-order valence-corrected chi connectivity index (χ0v) is 11.6. The molecule has 0 aromatic heterocycles. The van der Waals surface area contributed by atoms with E-state index >= 15 is 0 Å². The van der Waals surface area contributed by atoms with Gasteiger partial charge in [-0.3, -0.25) is 4.79 Å². The number of hydrogen-bond donors (Lipinski definition) is 1. The van der Waals surface area contributed by atoms with E-state index in [2.05, 4.69) is 27.9 Å². The monoisotopic (exact) mass is 337 g/mol. The molecule has 1 rings (SSSR count). The fourth-order valence-electron chi connectivity index (χ4n) is 0.927. The topological polar surface area (TPSA) is 29.1 Å². The molecule has 2 nitrogen and oxygen atoms in total. The van der Waals surface area contributed by atoms with Crippen LogP contribution in [0.15, 0.2) is 24.3 Å². The van der Waals surface area contributed by atoms with E-state index in [1.165, 1.54) is 0 Å². The van der Waals surface area contributed by atoms with Crippen LogP contribution >= 0.6 is 34.2 Å². The highest BCUT2D eigenvalue weighted by Crippen LogP contribution is 2.20. The van der Waals surface area contributed by atoms with E-state index in [-0.39, 0.29) is 5.91 Å². The highest BCUT2D eigenvalue weighted by molar-refractivity contribution is 14.1. The summed E-state index contributed by atoms with van der Waals surface area (Å²) in [5.41, 5.74) is 0.271. The number of benzene rings is 1. The number of alkyl halides is 1. The van der Waals surface area contributed by atoms with Crippen molar-refractivity contribution in [2.75, 3.05) is 11.2 Å². The number of nitrogens with one attached hydrogen (secondary N) is 1. The lowest BCUT2D eigenvalue weighted by molar-refractivity contribution is -0.122. The third-order valence-electron chi connectivity index (χ3n) is 2.03. The maximum atomic E-state index is 11.8. The van der Waals surface area contributed by atoms with Crippen molar-refractivity contribution in [3.8, 4) is 0 Å². The average molecular weight is 338 g/mol. The molecule has 0 radical (unpaired) electrons. The van der Waals surface area contributed by atoms with Crippen molar-refractivity contribution in [3.05, 3.63) is 27.8 Å². The summed E-state index contributed by atoms with van der Waals surface area (Å²) in [5, 5.41) is 2.85. The van der Waals surface area contributed by atoms with Crippen molar-refractivity contribution >= 4 is 45.8 Å². The molecular formula is C11H13ClINO. The first kappa shape index (κ1) is 12.8. The van der Waals surface area contributed by atoms with Crippen LogP contribution in [0.3, 0.4) is 0 Å². The van der Waals surface area contributed by atoms with Gasteiger partial charge in [0.1, 0.15) is 0 Å². The normalized spacial score (nSPS) is 11.2. The summed E-state index contributed by atoms with van der Waals surface area (Å²) < 4.78 is 1.09. The average Bonchev–Trinajstić information content (AvgIpc) is 2.17. The molecule has 0 fully saturated rings. The zero-order chi connectivity index (χ0) is 11.5. The van der Waals surface area contributed by atoms with Gasteiger partial charge in [0.15, 0.2) is 0 Å². The van der Waals surface area contributed by atoms with Crippen molar-refractivity contribution < 1.29 is 4.79 Å². The second-order valence-corrected chi connectivity index (χ2v) is 5.49. The van der Waals surface area contributed by atoms with Crippen LogP contribution in [0.2, 0.25) is 0 Å². The first-order valence-electron chi connectivity index (χ1n) is 4.59. The third kappa shape index (κ3) is 3.65. The SMILES string of the molecule is CC(C)(CCl)C(=O)Nc1cccc(I)c1. The predicted molar refractivity (Wildman–Crippen MR) is 72.3 cm³/mol. The second kappa shape index (κ2) is 5.16. The Balaban J connectivity index is 2.75. The molecule has 0 unspecified atom stereocenters. The molecule has 0 spiro atoms. The largest absolute Gasteiger partial charge is 0.326 e. The van der Waals surface area contributed by atoms with Crippen molar-refractivity contribution in [2.24, 2.45) is 5.41 Å². The first-order chi connectivity index (χ1) is 6.95. The van der Waals surface area contributed by atoms with Gasteiger partial charge in [-0.1, -0.05) is 6.07 Å². The van der Waals surface area contributed by atoms with Gasteiger partial charge in [0, 0.05) is 15.1 Å². The quantitative estimate of drug-likeness (QED) is 0.664. The highest BCUT2D eigenvalue weighted by atomic mass is 127. The Hall–Kier alpha value is -0.290. The van der Waals surface area contributed by atoms with Crippen LogP contribution in [0.25, 0.3) is 0 Å². The number of carbonyl (C=O) groups is 1. The van der Waals surface area contributed by atoms with Crippen molar-refractivity contribution in [1.29, 1.82) is 0 Å². The summed E-state index contributed by atoms with van der Waals surface area (Å²) in [5.74, 6) is 0.252. The lowest BCUT2D eigenvalue weighted by Crippen LogP contribution is -2.32. The summed E-state index contributed by atoms with van der Waals surface area (Å²) in [6, 6.07) is 7.67. The number of halogens is 2. The molecule has 0 saturated carbocycles. The van der Waals surface area contributed by atoms with E-state index in [0.29, 0.717) is 5.88 Å². The maximum Gasteiger partial charge on any atom is 0.231 e. The molecule has 1 N–H and O–H groups in total. The Kier molecular flexibility index (Phi) is 4.40. The van der Waals surface area contributed by atoms with E-state index in [0.717, 1.165) is 9.26 Å². The predicted octanol–water partition coefficient (Wildman–Crippen LogP) is 3.49. The molecular weight excluding hydrogens is 324 g/mol. The van der Waals surface area contributed by atoms with Crippen LogP contribution in [-0.2, 0) is 4.79 Å². The Bertz CT molecular complexity index is 365. The summed E-state index contributed by atoms with van der Waals surface area (Å²) in [7, 11) is 0. The molecule has 15 heavy (non-hydrogen) atoms. The minimum absolute atomic E-state index is 0.0560. The molecule has 0 aliphatic carbocycles. The number of rotatable bonds is 3. The van der Waals surface area contributed by atoms with E-state index in [1.807, 2.05) is 38.1 Å². The van der Waals surface area contributed by atoms with Gasteiger partial charge in [0.2, 0.25) is 5.91 Å². The minimum Gasteiger partial charge on any atom is -0.326 e. The summed E-state index contributed by atoms with van der Waals surface area (Å²) >= 11 is 7.93. The molecule has 0 saturated heterocycles. The van der Waals surface area contributed by atoms with E-state index in [9.17, 15) is 4.79 Å². The lowest BCUT2D eigenvalue weighted by atomic mass is 9.95. The Morgan fingerprint density at radius 1 is 1.53 bits per heavy atom.